The van der Waals surface area contributed by atoms with E-state index < -0.39 is 6.36 Å². The summed E-state index contributed by atoms with van der Waals surface area (Å²) >= 11 is 0. The molecule has 0 radical (unpaired) electrons. The number of amides is 1. The summed E-state index contributed by atoms with van der Waals surface area (Å²) in [6, 6.07) is 12.5. The van der Waals surface area contributed by atoms with Gasteiger partial charge in [0.05, 0.1) is 5.92 Å². The molecular weight excluding hydrogens is 323 g/mol. The van der Waals surface area contributed by atoms with Gasteiger partial charge in [-0.2, -0.15) is 0 Å². The highest BCUT2D eigenvalue weighted by atomic mass is 19.4. The van der Waals surface area contributed by atoms with Gasteiger partial charge < -0.3 is 14.8 Å². The molecule has 0 fully saturated rings. The molecule has 0 spiro atoms. The minimum Gasteiger partial charge on any atom is -0.492 e. The normalized spacial score (nSPS) is 16.7. The van der Waals surface area contributed by atoms with Crippen LogP contribution in [0.3, 0.4) is 0 Å². The zero-order valence-corrected chi connectivity index (χ0v) is 12.5. The molecule has 0 aromatic heterocycles. The van der Waals surface area contributed by atoms with Crippen molar-refractivity contribution in [2.75, 3.05) is 11.9 Å². The first-order valence-corrected chi connectivity index (χ1v) is 7.28. The Hall–Kier alpha value is -2.70. The maximum Gasteiger partial charge on any atom is 0.573 e. The van der Waals surface area contributed by atoms with Crippen LogP contribution in [0.25, 0.3) is 0 Å². The summed E-state index contributed by atoms with van der Waals surface area (Å²) in [5, 5.41) is 2.68. The fourth-order valence-electron chi connectivity index (χ4n) is 2.48. The lowest BCUT2D eigenvalue weighted by atomic mass is 9.96. The van der Waals surface area contributed by atoms with Crippen molar-refractivity contribution >= 4 is 11.6 Å². The van der Waals surface area contributed by atoms with E-state index in [4.69, 9.17) is 4.74 Å². The molecule has 1 aliphatic heterocycles. The number of para-hydroxylation sites is 1. The van der Waals surface area contributed by atoms with Crippen molar-refractivity contribution in [3.05, 3.63) is 54.1 Å². The third-order valence-electron chi connectivity index (χ3n) is 3.61. The molecule has 0 unspecified atom stereocenters. The Morgan fingerprint density at radius 3 is 2.54 bits per heavy atom. The van der Waals surface area contributed by atoms with Gasteiger partial charge in [-0.15, -0.1) is 13.2 Å². The molecule has 7 heteroatoms. The summed E-state index contributed by atoms with van der Waals surface area (Å²) in [6.07, 6.45) is -4.19. The maximum absolute atomic E-state index is 12.3. The second kappa shape index (κ2) is 6.43. The Morgan fingerprint density at radius 2 is 1.83 bits per heavy atom. The Labute approximate surface area is 136 Å². The van der Waals surface area contributed by atoms with Gasteiger partial charge in [0.1, 0.15) is 18.1 Å². The number of rotatable bonds is 3. The van der Waals surface area contributed by atoms with Gasteiger partial charge in [-0.3, -0.25) is 4.79 Å². The Balaban J connectivity index is 1.61. The first-order chi connectivity index (χ1) is 11.4. The van der Waals surface area contributed by atoms with Gasteiger partial charge in [0.2, 0.25) is 5.91 Å². The van der Waals surface area contributed by atoms with Crippen molar-refractivity contribution in [2.24, 2.45) is 5.92 Å². The number of alkyl halides is 3. The number of anilines is 1. The van der Waals surface area contributed by atoms with Gasteiger partial charge >= 0.3 is 6.36 Å². The van der Waals surface area contributed by atoms with Crippen LogP contribution in [0.2, 0.25) is 0 Å². The summed E-state index contributed by atoms with van der Waals surface area (Å²) < 4.78 is 45.7. The van der Waals surface area contributed by atoms with Crippen molar-refractivity contribution in [1.29, 1.82) is 0 Å². The third kappa shape index (κ3) is 3.98. The Kier molecular flexibility index (Phi) is 4.33. The SMILES string of the molecule is O=C(Nc1ccc(OC(F)(F)F)cc1)[C@H]1COc2ccccc2C1. The van der Waals surface area contributed by atoms with Gasteiger partial charge in [-0.25, -0.2) is 0 Å². The third-order valence-corrected chi connectivity index (χ3v) is 3.61. The average Bonchev–Trinajstić information content (AvgIpc) is 2.55. The molecule has 0 saturated carbocycles. The van der Waals surface area contributed by atoms with Crippen LogP contribution in [0.15, 0.2) is 48.5 Å². The van der Waals surface area contributed by atoms with Crippen LogP contribution in [0.1, 0.15) is 5.56 Å². The summed E-state index contributed by atoms with van der Waals surface area (Å²) in [5.41, 5.74) is 1.35. The summed E-state index contributed by atoms with van der Waals surface area (Å²) in [4.78, 5) is 12.3. The maximum atomic E-state index is 12.3. The number of hydrogen-bond donors (Lipinski definition) is 1. The topological polar surface area (TPSA) is 47.6 Å². The molecule has 126 valence electrons. The van der Waals surface area contributed by atoms with E-state index in [-0.39, 0.29) is 24.2 Å². The highest BCUT2D eigenvalue weighted by Gasteiger charge is 2.31. The molecule has 4 nitrogen and oxygen atoms in total. The van der Waals surface area contributed by atoms with Crippen molar-refractivity contribution in [1.82, 2.24) is 0 Å². The molecule has 24 heavy (non-hydrogen) atoms. The predicted octanol–water partition coefficient (Wildman–Crippen LogP) is 3.78. The van der Waals surface area contributed by atoms with Crippen LogP contribution in [-0.2, 0) is 11.2 Å². The molecule has 1 N–H and O–H groups in total. The van der Waals surface area contributed by atoms with E-state index >= 15 is 0 Å². The number of fused-ring (bicyclic) bond motifs is 1. The van der Waals surface area contributed by atoms with Crippen LogP contribution >= 0.6 is 0 Å². The predicted molar refractivity (Wildman–Crippen MR) is 80.9 cm³/mol. The minimum absolute atomic E-state index is 0.242. The molecule has 1 amide bonds. The van der Waals surface area contributed by atoms with Gasteiger partial charge in [-0.1, -0.05) is 18.2 Å². The average molecular weight is 337 g/mol. The van der Waals surface area contributed by atoms with Gasteiger partial charge in [0.15, 0.2) is 0 Å². The molecule has 0 aliphatic carbocycles. The number of ether oxygens (including phenoxy) is 2. The number of carbonyl (C=O) groups excluding carboxylic acids is 1. The molecular formula is C17H14F3NO3. The fourth-order valence-corrected chi connectivity index (χ4v) is 2.48. The zero-order valence-electron chi connectivity index (χ0n) is 12.5. The number of carbonyl (C=O) groups is 1. The number of benzene rings is 2. The standard InChI is InChI=1S/C17H14F3NO3/c18-17(19,20)24-14-7-5-13(6-8-14)21-16(22)12-9-11-3-1-2-4-15(11)23-10-12/h1-8,12H,9-10H2,(H,21,22)/t12-/m1/s1. The van der Waals surface area contributed by atoms with Crippen molar-refractivity contribution < 1.29 is 27.4 Å². The Morgan fingerprint density at radius 1 is 1.12 bits per heavy atom. The monoisotopic (exact) mass is 337 g/mol. The summed E-state index contributed by atoms with van der Waals surface area (Å²) in [5.74, 6) is -0.161. The van der Waals surface area contributed by atoms with E-state index in [1.807, 2.05) is 24.3 Å². The van der Waals surface area contributed by atoms with Crippen molar-refractivity contribution in [2.45, 2.75) is 12.8 Å². The molecule has 2 aromatic carbocycles. The van der Waals surface area contributed by atoms with Crippen LogP contribution in [-0.4, -0.2) is 18.9 Å². The minimum atomic E-state index is -4.74. The summed E-state index contributed by atoms with van der Waals surface area (Å²) in [7, 11) is 0. The largest absolute Gasteiger partial charge is 0.573 e. The fraction of sp³-hybridized carbons (Fsp3) is 0.235. The van der Waals surface area contributed by atoms with Crippen LogP contribution in [0.5, 0.6) is 11.5 Å². The van der Waals surface area contributed by atoms with Crippen LogP contribution < -0.4 is 14.8 Å². The van der Waals surface area contributed by atoms with E-state index in [0.29, 0.717) is 12.1 Å². The molecule has 1 heterocycles. The van der Waals surface area contributed by atoms with Crippen LogP contribution in [0.4, 0.5) is 18.9 Å². The van der Waals surface area contributed by atoms with Crippen molar-refractivity contribution in [3.63, 3.8) is 0 Å². The smallest absolute Gasteiger partial charge is 0.492 e. The van der Waals surface area contributed by atoms with Gasteiger partial charge in [-0.05, 0) is 42.3 Å². The lowest BCUT2D eigenvalue weighted by Gasteiger charge is -2.24. The van der Waals surface area contributed by atoms with E-state index in [1.165, 1.54) is 12.1 Å². The second-order valence-electron chi connectivity index (χ2n) is 5.38. The first-order valence-electron chi connectivity index (χ1n) is 7.28. The molecule has 1 atom stereocenters. The molecule has 0 bridgehead atoms. The number of nitrogens with one attached hydrogen (secondary N) is 1. The van der Waals surface area contributed by atoms with Crippen LogP contribution in [0, 0.1) is 5.92 Å². The lowest BCUT2D eigenvalue weighted by molar-refractivity contribution is -0.274. The first kappa shape index (κ1) is 16.2. The highest BCUT2D eigenvalue weighted by molar-refractivity contribution is 5.93. The molecule has 3 rings (SSSR count). The summed E-state index contributed by atoms with van der Waals surface area (Å²) in [6.45, 7) is 0.262. The number of hydrogen-bond acceptors (Lipinski definition) is 3. The Bertz CT molecular complexity index is 729. The number of halogens is 3. The van der Waals surface area contributed by atoms with E-state index in [0.717, 1.165) is 23.4 Å². The zero-order chi connectivity index (χ0) is 17.2. The lowest BCUT2D eigenvalue weighted by Crippen LogP contribution is -2.32. The van der Waals surface area contributed by atoms with E-state index in [1.54, 1.807) is 0 Å². The second-order valence-corrected chi connectivity index (χ2v) is 5.38. The van der Waals surface area contributed by atoms with Gasteiger partial charge in [0.25, 0.3) is 0 Å². The quantitative estimate of drug-likeness (QED) is 0.927. The molecule has 1 aliphatic rings. The molecule has 0 saturated heterocycles. The van der Waals surface area contributed by atoms with Gasteiger partial charge in [0, 0.05) is 5.69 Å². The van der Waals surface area contributed by atoms with Crippen molar-refractivity contribution in [3.8, 4) is 11.5 Å². The molecule has 2 aromatic rings. The van der Waals surface area contributed by atoms with E-state index in [9.17, 15) is 18.0 Å². The highest BCUT2D eigenvalue weighted by Crippen LogP contribution is 2.28. The van der Waals surface area contributed by atoms with E-state index in [2.05, 4.69) is 10.1 Å².